The van der Waals surface area contributed by atoms with Gasteiger partial charge in [-0.25, -0.2) is 21.2 Å². The van der Waals surface area contributed by atoms with Crippen LogP contribution in [0.5, 0.6) is 0 Å². The summed E-state index contributed by atoms with van der Waals surface area (Å²) in [6, 6.07) is 10.4. The number of aryl methyl sites for hydroxylation is 2. The van der Waals surface area contributed by atoms with Gasteiger partial charge in [0.15, 0.2) is 19.7 Å². The van der Waals surface area contributed by atoms with Crippen LogP contribution in [0.1, 0.15) is 16.7 Å². The van der Waals surface area contributed by atoms with Crippen molar-refractivity contribution in [1.82, 2.24) is 5.32 Å². The molecule has 3 rings (SSSR count). The standard InChI is InChI=1S/C19H22FNO4S2/c1-13-4-3-5-15(8-13)10-21-17-11-26(22,23)12-19(17)27(24,25)18-7-6-16(20)9-14(18)2/h3-9,17,19,21H,10-12H2,1-2H3/t17-,19-/m0/s1. The van der Waals surface area contributed by atoms with Crippen LogP contribution in [0.2, 0.25) is 0 Å². The van der Waals surface area contributed by atoms with Crippen LogP contribution in [-0.2, 0) is 26.2 Å². The van der Waals surface area contributed by atoms with Crippen LogP contribution >= 0.6 is 0 Å². The fourth-order valence-electron chi connectivity index (χ4n) is 3.48. The van der Waals surface area contributed by atoms with E-state index in [2.05, 4.69) is 5.32 Å². The molecule has 8 heteroatoms. The van der Waals surface area contributed by atoms with Gasteiger partial charge >= 0.3 is 0 Å². The number of hydrogen-bond acceptors (Lipinski definition) is 5. The highest BCUT2D eigenvalue weighted by Crippen LogP contribution is 2.28. The van der Waals surface area contributed by atoms with E-state index in [9.17, 15) is 21.2 Å². The average molecular weight is 412 g/mol. The van der Waals surface area contributed by atoms with Crippen LogP contribution in [-0.4, -0.2) is 39.6 Å². The minimum Gasteiger partial charge on any atom is -0.308 e. The van der Waals surface area contributed by atoms with Gasteiger partial charge < -0.3 is 5.32 Å². The molecule has 2 aromatic carbocycles. The van der Waals surface area contributed by atoms with Gasteiger partial charge in [0.25, 0.3) is 0 Å². The molecule has 0 spiro atoms. The third kappa shape index (κ3) is 4.39. The predicted octanol–water partition coefficient (Wildman–Crippen LogP) is 2.17. The molecule has 1 aliphatic rings. The Morgan fingerprint density at radius 3 is 2.52 bits per heavy atom. The fourth-order valence-corrected chi connectivity index (χ4v) is 8.42. The smallest absolute Gasteiger partial charge is 0.184 e. The zero-order valence-electron chi connectivity index (χ0n) is 15.1. The molecule has 5 nitrogen and oxygen atoms in total. The largest absolute Gasteiger partial charge is 0.308 e. The summed E-state index contributed by atoms with van der Waals surface area (Å²) in [5.74, 6) is -1.19. The highest BCUT2D eigenvalue weighted by atomic mass is 32.2. The molecule has 0 aliphatic carbocycles. The highest BCUT2D eigenvalue weighted by Gasteiger charge is 2.46. The molecule has 0 amide bonds. The highest BCUT2D eigenvalue weighted by molar-refractivity contribution is 7.96. The maximum Gasteiger partial charge on any atom is 0.184 e. The zero-order chi connectivity index (χ0) is 19.8. The van der Waals surface area contributed by atoms with Gasteiger partial charge in [-0.1, -0.05) is 29.8 Å². The van der Waals surface area contributed by atoms with Crippen molar-refractivity contribution in [3.8, 4) is 0 Å². The Hall–Kier alpha value is -1.77. The first-order chi connectivity index (χ1) is 12.6. The summed E-state index contributed by atoms with van der Waals surface area (Å²) in [6.07, 6.45) is 0. The Labute approximate surface area is 159 Å². The van der Waals surface area contributed by atoms with Crippen LogP contribution in [0.4, 0.5) is 4.39 Å². The number of hydrogen-bond donors (Lipinski definition) is 1. The molecular weight excluding hydrogens is 389 g/mol. The predicted molar refractivity (Wildman–Crippen MR) is 103 cm³/mol. The molecule has 1 N–H and O–H groups in total. The third-order valence-corrected chi connectivity index (χ3v) is 9.10. The summed E-state index contributed by atoms with van der Waals surface area (Å²) in [6.45, 7) is 3.83. The van der Waals surface area contributed by atoms with E-state index in [-0.39, 0.29) is 16.2 Å². The molecule has 0 unspecified atom stereocenters. The fraction of sp³-hybridized carbons (Fsp3) is 0.368. The monoisotopic (exact) mass is 411 g/mol. The summed E-state index contributed by atoms with van der Waals surface area (Å²) in [4.78, 5) is -0.0200. The van der Waals surface area contributed by atoms with Gasteiger partial charge in [-0.2, -0.15) is 0 Å². The number of benzene rings is 2. The molecule has 1 aliphatic heterocycles. The second kappa shape index (κ2) is 7.33. The average Bonchev–Trinajstić information content (AvgIpc) is 2.88. The van der Waals surface area contributed by atoms with Gasteiger partial charge in [0.1, 0.15) is 5.82 Å². The van der Waals surface area contributed by atoms with Crippen molar-refractivity contribution in [2.24, 2.45) is 0 Å². The van der Waals surface area contributed by atoms with Gasteiger partial charge in [-0.15, -0.1) is 0 Å². The Balaban J connectivity index is 1.89. The van der Waals surface area contributed by atoms with E-state index in [1.807, 2.05) is 31.2 Å². The second-order valence-corrected chi connectivity index (χ2v) is 11.3. The lowest BCUT2D eigenvalue weighted by Gasteiger charge is -2.21. The number of halogens is 1. The summed E-state index contributed by atoms with van der Waals surface area (Å²) in [7, 11) is -7.41. The van der Waals surface area contributed by atoms with Crippen LogP contribution < -0.4 is 5.32 Å². The molecule has 0 aromatic heterocycles. The van der Waals surface area contributed by atoms with E-state index in [4.69, 9.17) is 0 Å². The SMILES string of the molecule is Cc1cccc(CN[C@H]2CS(=O)(=O)C[C@@H]2S(=O)(=O)c2ccc(F)cc2C)c1. The number of sulfone groups is 2. The molecule has 2 atom stereocenters. The first kappa shape index (κ1) is 20.0. The van der Waals surface area contributed by atoms with Gasteiger partial charge in [-0.3, -0.25) is 0 Å². The Morgan fingerprint density at radius 2 is 1.85 bits per heavy atom. The molecule has 0 radical (unpaired) electrons. The van der Waals surface area contributed by atoms with Crippen LogP contribution in [0, 0.1) is 19.7 Å². The maximum absolute atomic E-state index is 13.4. The van der Waals surface area contributed by atoms with Crippen molar-refractivity contribution in [1.29, 1.82) is 0 Å². The first-order valence-electron chi connectivity index (χ1n) is 8.58. The van der Waals surface area contributed by atoms with Crippen LogP contribution in [0.3, 0.4) is 0 Å². The van der Waals surface area contributed by atoms with Crippen LogP contribution in [0.25, 0.3) is 0 Å². The summed E-state index contributed by atoms with van der Waals surface area (Å²) < 4.78 is 63.9. The number of nitrogens with one attached hydrogen (secondary N) is 1. The molecule has 1 fully saturated rings. The maximum atomic E-state index is 13.4. The molecule has 0 saturated carbocycles. The summed E-state index contributed by atoms with van der Waals surface area (Å²) >= 11 is 0. The van der Waals surface area contributed by atoms with Gasteiger partial charge in [0, 0.05) is 12.6 Å². The van der Waals surface area contributed by atoms with E-state index in [1.165, 1.54) is 13.0 Å². The first-order valence-corrected chi connectivity index (χ1v) is 11.9. The van der Waals surface area contributed by atoms with Crippen molar-refractivity contribution in [3.63, 3.8) is 0 Å². The van der Waals surface area contributed by atoms with Crippen molar-refractivity contribution < 1.29 is 21.2 Å². The normalized spacial score (nSPS) is 22.0. The lowest BCUT2D eigenvalue weighted by molar-refractivity contribution is 0.525. The Kier molecular flexibility index (Phi) is 5.42. The van der Waals surface area contributed by atoms with E-state index in [0.717, 1.165) is 23.3 Å². The number of rotatable bonds is 5. The molecule has 27 heavy (non-hydrogen) atoms. The van der Waals surface area contributed by atoms with Crippen LogP contribution in [0.15, 0.2) is 47.4 Å². The minimum absolute atomic E-state index is 0.0200. The molecular formula is C19H22FNO4S2. The molecule has 1 heterocycles. The van der Waals surface area contributed by atoms with E-state index in [1.54, 1.807) is 0 Å². The second-order valence-electron chi connectivity index (χ2n) is 7.05. The van der Waals surface area contributed by atoms with Gasteiger partial charge in [0.05, 0.1) is 21.7 Å². The van der Waals surface area contributed by atoms with E-state index >= 15 is 0 Å². The Morgan fingerprint density at radius 1 is 1.11 bits per heavy atom. The van der Waals surface area contributed by atoms with Crippen molar-refractivity contribution in [2.75, 3.05) is 11.5 Å². The Bertz CT molecular complexity index is 1060. The lowest BCUT2D eigenvalue weighted by atomic mass is 10.1. The van der Waals surface area contributed by atoms with E-state index < -0.39 is 42.5 Å². The van der Waals surface area contributed by atoms with Crippen molar-refractivity contribution in [2.45, 2.75) is 36.6 Å². The molecule has 1 saturated heterocycles. The van der Waals surface area contributed by atoms with Crippen molar-refractivity contribution in [3.05, 3.63) is 65.0 Å². The zero-order valence-corrected chi connectivity index (χ0v) is 16.8. The lowest BCUT2D eigenvalue weighted by Crippen LogP contribution is -2.43. The molecule has 0 bridgehead atoms. The third-order valence-electron chi connectivity index (χ3n) is 4.79. The molecule has 2 aromatic rings. The van der Waals surface area contributed by atoms with Gasteiger partial charge in [0.2, 0.25) is 0 Å². The topological polar surface area (TPSA) is 80.3 Å². The van der Waals surface area contributed by atoms with Gasteiger partial charge in [-0.05, 0) is 43.2 Å². The summed E-state index contributed by atoms with van der Waals surface area (Å²) in [5.41, 5.74) is 2.30. The molecule has 146 valence electrons. The quantitative estimate of drug-likeness (QED) is 0.763. The minimum atomic E-state index is -3.93. The van der Waals surface area contributed by atoms with E-state index in [0.29, 0.717) is 6.54 Å². The summed E-state index contributed by atoms with van der Waals surface area (Å²) in [5, 5.41) is 2.00. The van der Waals surface area contributed by atoms with Crippen molar-refractivity contribution >= 4 is 19.7 Å².